The Morgan fingerprint density at radius 1 is 0.412 bits per heavy atom. The third-order valence-electron chi connectivity index (χ3n) is 9.97. The summed E-state index contributed by atoms with van der Waals surface area (Å²) in [5.41, 5.74) is 15.3. The quantitative estimate of drug-likeness (QED) is 0.199. The van der Waals surface area contributed by atoms with E-state index in [1.54, 1.807) is 0 Å². The van der Waals surface area contributed by atoms with Crippen molar-refractivity contribution in [3.8, 4) is 56.0 Å². The maximum atomic E-state index is 5.39. The van der Waals surface area contributed by atoms with Crippen LogP contribution in [0.4, 0.5) is 0 Å². The van der Waals surface area contributed by atoms with E-state index in [0.29, 0.717) is 0 Å². The number of aromatic amines is 1. The van der Waals surface area contributed by atoms with Gasteiger partial charge in [0, 0.05) is 33.7 Å². The lowest BCUT2D eigenvalue weighted by Gasteiger charge is -2.22. The number of fused-ring (bicyclic) bond motifs is 3. The molecule has 0 amide bonds. The zero-order valence-electron chi connectivity index (χ0n) is 30.3. The lowest BCUT2D eigenvalue weighted by molar-refractivity contribution is 0.590. The maximum absolute atomic E-state index is 5.39. The van der Waals surface area contributed by atoms with E-state index in [2.05, 4.69) is 186 Å². The Labute approximate surface area is 301 Å². The van der Waals surface area contributed by atoms with Crippen LogP contribution in [0, 0.1) is 0 Å². The standard InChI is InChI=1S/C48H43N3/c1-47(2,3)36-27-38-39-28-37(48(4,5)6)30-41(44-26-35(32-18-12-8-13-19-32)25-42(50-44)33-20-14-9-15-21-33)46(39)51-45(38)40(29-36)43-24-34(22-23-49-43)31-16-10-7-11-17-31/h7-30,51H,1-6H3. The summed E-state index contributed by atoms with van der Waals surface area (Å²) in [5.74, 6) is 0. The molecule has 5 aromatic carbocycles. The molecular weight excluding hydrogens is 619 g/mol. The average Bonchev–Trinajstić information content (AvgIpc) is 3.53. The first-order valence-corrected chi connectivity index (χ1v) is 17.8. The Hall–Kier alpha value is -5.80. The highest BCUT2D eigenvalue weighted by molar-refractivity contribution is 6.16. The van der Waals surface area contributed by atoms with E-state index in [9.17, 15) is 0 Å². The number of hydrogen-bond donors (Lipinski definition) is 1. The first-order chi connectivity index (χ1) is 24.5. The van der Waals surface area contributed by atoms with Gasteiger partial charge in [0.2, 0.25) is 0 Å². The van der Waals surface area contributed by atoms with E-state index in [1.807, 2.05) is 6.20 Å². The number of nitrogens with one attached hydrogen (secondary N) is 1. The zero-order chi connectivity index (χ0) is 35.3. The second-order valence-electron chi connectivity index (χ2n) is 15.7. The molecule has 0 saturated carbocycles. The topological polar surface area (TPSA) is 41.6 Å². The molecule has 3 heteroatoms. The number of pyridine rings is 2. The SMILES string of the molecule is CC(C)(C)c1cc(-c2cc(-c3ccccc3)ccn2)c2[nH]c3c(-c4cc(-c5ccccc5)cc(-c5ccccc5)n4)cc(C(C)(C)C)cc3c2c1. The van der Waals surface area contributed by atoms with Gasteiger partial charge in [0.25, 0.3) is 0 Å². The molecule has 0 aliphatic rings. The molecule has 0 aliphatic heterocycles. The monoisotopic (exact) mass is 661 g/mol. The van der Waals surface area contributed by atoms with E-state index in [0.717, 1.165) is 55.9 Å². The smallest absolute Gasteiger partial charge is 0.0736 e. The molecule has 3 nitrogen and oxygen atoms in total. The van der Waals surface area contributed by atoms with Gasteiger partial charge >= 0.3 is 0 Å². The van der Waals surface area contributed by atoms with Crippen molar-refractivity contribution in [2.75, 3.05) is 0 Å². The molecule has 0 radical (unpaired) electrons. The third-order valence-corrected chi connectivity index (χ3v) is 9.97. The van der Waals surface area contributed by atoms with Crippen LogP contribution in [0.25, 0.3) is 77.8 Å². The van der Waals surface area contributed by atoms with Gasteiger partial charge in [-0.25, -0.2) is 4.98 Å². The summed E-state index contributed by atoms with van der Waals surface area (Å²) in [5, 5.41) is 2.40. The number of H-pyrrole nitrogens is 1. The van der Waals surface area contributed by atoms with Gasteiger partial charge in [0.05, 0.1) is 28.1 Å². The van der Waals surface area contributed by atoms with E-state index in [1.165, 1.54) is 33.0 Å². The van der Waals surface area contributed by atoms with E-state index >= 15 is 0 Å². The van der Waals surface area contributed by atoms with Gasteiger partial charge in [-0.2, -0.15) is 0 Å². The number of hydrogen-bond acceptors (Lipinski definition) is 2. The lowest BCUT2D eigenvalue weighted by Crippen LogP contribution is -2.11. The van der Waals surface area contributed by atoms with Crippen LogP contribution in [0.3, 0.4) is 0 Å². The molecule has 250 valence electrons. The molecule has 8 aromatic rings. The molecule has 0 saturated heterocycles. The maximum Gasteiger partial charge on any atom is 0.0736 e. The van der Waals surface area contributed by atoms with Crippen LogP contribution in [-0.2, 0) is 10.8 Å². The number of rotatable bonds is 5. The normalized spacial score (nSPS) is 12.1. The largest absolute Gasteiger partial charge is 0.353 e. The summed E-state index contributed by atoms with van der Waals surface area (Å²) in [6.07, 6.45) is 1.93. The minimum Gasteiger partial charge on any atom is -0.353 e. The van der Waals surface area contributed by atoms with E-state index in [4.69, 9.17) is 9.97 Å². The fraction of sp³-hybridized carbons (Fsp3) is 0.167. The first-order valence-electron chi connectivity index (χ1n) is 17.8. The molecule has 0 bridgehead atoms. The highest BCUT2D eigenvalue weighted by Gasteiger charge is 2.24. The zero-order valence-corrected chi connectivity index (χ0v) is 30.3. The Morgan fingerprint density at radius 3 is 1.39 bits per heavy atom. The second-order valence-corrected chi connectivity index (χ2v) is 15.7. The summed E-state index contributed by atoms with van der Waals surface area (Å²) in [6.45, 7) is 13.7. The molecule has 51 heavy (non-hydrogen) atoms. The highest BCUT2D eigenvalue weighted by Crippen LogP contribution is 2.43. The van der Waals surface area contributed by atoms with Crippen molar-refractivity contribution in [1.82, 2.24) is 15.0 Å². The Bertz CT molecular complexity index is 2460. The first kappa shape index (κ1) is 32.4. The number of aromatic nitrogens is 3. The van der Waals surface area contributed by atoms with E-state index in [-0.39, 0.29) is 10.8 Å². The highest BCUT2D eigenvalue weighted by atomic mass is 14.8. The summed E-state index contributed by atoms with van der Waals surface area (Å²) < 4.78 is 0. The van der Waals surface area contributed by atoms with Crippen LogP contribution in [-0.4, -0.2) is 15.0 Å². The lowest BCUT2D eigenvalue weighted by atomic mass is 9.83. The molecule has 8 rings (SSSR count). The van der Waals surface area contributed by atoms with Crippen LogP contribution in [0.2, 0.25) is 0 Å². The minimum atomic E-state index is -0.0815. The van der Waals surface area contributed by atoms with Crippen molar-refractivity contribution in [2.45, 2.75) is 52.4 Å². The molecule has 3 aromatic heterocycles. The van der Waals surface area contributed by atoms with Crippen molar-refractivity contribution in [3.05, 3.63) is 157 Å². The molecule has 1 N–H and O–H groups in total. The summed E-state index contributed by atoms with van der Waals surface area (Å²) in [7, 11) is 0. The number of nitrogens with zero attached hydrogens (tertiary/aromatic N) is 2. The Kier molecular flexibility index (Phi) is 7.95. The van der Waals surface area contributed by atoms with Crippen molar-refractivity contribution in [1.29, 1.82) is 0 Å². The van der Waals surface area contributed by atoms with Gasteiger partial charge in [0.1, 0.15) is 0 Å². The predicted octanol–water partition coefficient (Wildman–Crippen LogP) is 13.0. The molecule has 3 heterocycles. The summed E-state index contributed by atoms with van der Waals surface area (Å²) >= 11 is 0. The molecule has 0 aliphatic carbocycles. The molecule has 0 unspecified atom stereocenters. The van der Waals surface area contributed by atoms with Crippen molar-refractivity contribution < 1.29 is 0 Å². The van der Waals surface area contributed by atoms with Crippen LogP contribution in [0.15, 0.2) is 146 Å². The van der Waals surface area contributed by atoms with Gasteiger partial charge in [-0.05, 0) is 92.7 Å². The summed E-state index contributed by atoms with van der Waals surface area (Å²) in [6, 6.07) is 49.9. The van der Waals surface area contributed by atoms with Crippen molar-refractivity contribution >= 4 is 21.8 Å². The van der Waals surface area contributed by atoms with Crippen LogP contribution in [0.1, 0.15) is 52.7 Å². The van der Waals surface area contributed by atoms with Gasteiger partial charge in [-0.1, -0.05) is 133 Å². The van der Waals surface area contributed by atoms with Gasteiger partial charge in [-0.3, -0.25) is 4.98 Å². The van der Waals surface area contributed by atoms with Gasteiger partial charge < -0.3 is 4.98 Å². The molecular formula is C48H43N3. The van der Waals surface area contributed by atoms with Gasteiger partial charge in [0.15, 0.2) is 0 Å². The average molecular weight is 662 g/mol. The molecule has 0 spiro atoms. The van der Waals surface area contributed by atoms with Crippen LogP contribution < -0.4 is 0 Å². The van der Waals surface area contributed by atoms with E-state index < -0.39 is 0 Å². The Morgan fingerprint density at radius 2 is 0.863 bits per heavy atom. The summed E-state index contributed by atoms with van der Waals surface area (Å²) in [4.78, 5) is 14.3. The second kappa shape index (κ2) is 12.5. The fourth-order valence-corrected chi connectivity index (χ4v) is 6.98. The fourth-order valence-electron chi connectivity index (χ4n) is 6.98. The van der Waals surface area contributed by atoms with Gasteiger partial charge in [-0.15, -0.1) is 0 Å². The van der Waals surface area contributed by atoms with Crippen LogP contribution >= 0.6 is 0 Å². The van der Waals surface area contributed by atoms with Crippen LogP contribution in [0.5, 0.6) is 0 Å². The molecule has 0 atom stereocenters. The predicted molar refractivity (Wildman–Crippen MR) is 216 cm³/mol. The minimum absolute atomic E-state index is 0.0653. The van der Waals surface area contributed by atoms with Crippen molar-refractivity contribution in [3.63, 3.8) is 0 Å². The third kappa shape index (κ3) is 6.25. The number of benzene rings is 5. The van der Waals surface area contributed by atoms with Crippen molar-refractivity contribution in [2.24, 2.45) is 0 Å². The Balaban J connectivity index is 1.44. The molecule has 0 fully saturated rings.